The van der Waals surface area contributed by atoms with Crippen LogP contribution in [0.15, 0.2) is 66.7 Å². The predicted molar refractivity (Wildman–Crippen MR) is 145 cm³/mol. The van der Waals surface area contributed by atoms with Crippen LogP contribution in [0.5, 0.6) is 11.5 Å². The molecular formula is C31H37NO5. The van der Waals surface area contributed by atoms with Gasteiger partial charge in [-0.05, 0) is 86.9 Å². The van der Waals surface area contributed by atoms with E-state index in [1.165, 1.54) is 0 Å². The molecule has 0 radical (unpaired) electrons. The van der Waals surface area contributed by atoms with Crippen LogP contribution in [-0.4, -0.2) is 41.6 Å². The summed E-state index contributed by atoms with van der Waals surface area (Å²) >= 11 is 0. The van der Waals surface area contributed by atoms with Crippen LogP contribution in [0, 0.1) is 0 Å². The van der Waals surface area contributed by atoms with Gasteiger partial charge in [-0.15, -0.1) is 0 Å². The molecule has 0 bridgehead atoms. The zero-order valence-corrected chi connectivity index (χ0v) is 22.2. The Hall–Kier alpha value is -3.51. The van der Waals surface area contributed by atoms with Crippen molar-refractivity contribution in [3.8, 4) is 22.6 Å². The lowest BCUT2D eigenvalue weighted by Gasteiger charge is -2.32. The minimum atomic E-state index is -0.577. The average molecular weight is 504 g/mol. The van der Waals surface area contributed by atoms with Crippen LogP contribution in [0.1, 0.15) is 56.8 Å². The Labute approximate surface area is 219 Å². The number of ether oxygens (including phenoxy) is 3. The number of amides is 1. The van der Waals surface area contributed by atoms with Crippen molar-refractivity contribution in [3.05, 3.63) is 83.4 Å². The van der Waals surface area contributed by atoms with E-state index in [4.69, 9.17) is 14.2 Å². The molecule has 1 N–H and O–H groups in total. The zero-order chi connectivity index (χ0) is 26.4. The lowest BCUT2D eigenvalue weighted by molar-refractivity contribution is 0.0171. The molecule has 1 aliphatic rings. The summed E-state index contributed by atoms with van der Waals surface area (Å²) in [5, 5.41) is 9.60. The second-order valence-electron chi connectivity index (χ2n) is 10.4. The fourth-order valence-electron chi connectivity index (χ4n) is 4.68. The third kappa shape index (κ3) is 6.63. The first-order valence-corrected chi connectivity index (χ1v) is 12.9. The van der Waals surface area contributed by atoms with E-state index in [2.05, 4.69) is 6.07 Å². The largest absolute Gasteiger partial charge is 0.454 e. The molecule has 1 amide bonds. The van der Waals surface area contributed by atoms with Crippen LogP contribution < -0.4 is 9.47 Å². The van der Waals surface area contributed by atoms with Crippen molar-refractivity contribution in [1.29, 1.82) is 0 Å². The summed E-state index contributed by atoms with van der Waals surface area (Å²) in [6.45, 7) is 8.53. The quantitative estimate of drug-likeness (QED) is 0.359. The summed E-state index contributed by atoms with van der Waals surface area (Å²) in [6.07, 6.45) is 1.74. The third-order valence-corrected chi connectivity index (χ3v) is 6.51. The fraction of sp³-hybridized carbons (Fsp3) is 0.387. The molecule has 1 aliphatic heterocycles. The number of aryl methyl sites for hydroxylation is 1. The van der Waals surface area contributed by atoms with Crippen LogP contribution in [0.2, 0.25) is 0 Å². The number of rotatable bonds is 9. The van der Waals surface area contributed by atoms with Gasteiger partial charge in [-0.2, -0.15) is 0 Å². The van der Waals surface area contributed by atoms with Crippen molar-refractivity contribution in [2.45, 2.75) is 58.6 Å². The van der Waals surface area contributed by atoms with E-state index in [1.807, 2.05) is 93.3 Å². The Bertz CT molecular complexity index is 1200. The minimum absolute atomic E-state index is 0.0825. The molecule has 0 unspecified atom stereocenters. The smallest absolute Gasteiger partial charge is 0.410 e. The molecular weight excluding hydrogens is 466 g/mol. The highest BCUT2D eigenvalue weighted by molar-refractivity contribution is 5.74. The molecule has 0 aliphatic carbocycles. The number of fused-ring (bicyclic) bond motifs is 1. The first-order valence-electron chi connectivity index (χ1n) is 12.9. The molecule has 3 aromatic carbocycles. The molecule has 0 aromatic heterocycles. The van der Waals surface area contributed by atoms with E-state index < -0.39 is 5.60 Å². The average Bonchev–Trinajstić information content (AvgIpc) is 3.33. The molecule has 0 saturated heterocycles. The van der Waals surface area contributed by atoms with E-state index in [1.54, 1.807) is 0 Å². The van der Waals surface area contributed by atoms with Crippen LogP contribution in [0.4, 0.5) is 4.79 Å². The Morgan fingerprint density at radius 1 is 0.946 bits per heavy atom. The minimum Gasteiger partial charge on any atom is -0.454 e. The van der Waals surface area contributed by atoms with E-state index in [-0.39, 0.29) is 25.5 Å². The summed E-state index contributed by atoms with van der Waals surface area (Å²) in [4.78, 5) is 15.0. The number of nitrogens with zero attached hydrogens (tertiary/aromatic N) is 1. The van der Waals surface area contributed by atoms with Crippen molar-refractivity contribution in [1.82, 2.24) is 4.90 Å². The molecule has 4 rings (SSSR count). The van der Waals surface area contributed by atoms with Gasteiger partial charge in [0.2, 0.25) is 6.79 Å². The third-order valence-electron chi connectivity index (χ3n) is 6.51. The van der Waals surface area contributed by atoms with Gasteiger partial charge in [-0.25, -0.2) is 4.79 Å². The van der Waals surface area contributed by atoms with Gasteiger partial charge in [0, 0.05) is 13.2 Å². The van der Waals surface area contributed by atoms with Gasteiger partial charge in [0.15, 0.2) is 11.5 Å². The molecule has 196 valence electrons. The molecule has 1 atom stereocenters. The molecule has 37 heavy (non-hydrogen) atoms. The molecule has 1 heterocycles. The first kappa shape index (κ1) is 26.6. The highest BCUT2D eigenvalue weighted by atomic mass is 16.7. The van der Waals surface area contributed by atoms with Crippen LogP contribution in [-0.2, 0) is 17.6 Å². The maximum atomic E-state index is 13.2. The van der Waals surface area contributed by atoms with Gasteiger partial charge in [-0.1, -0.05) is 54.6 Å². The number of benzene rings is 3. The topological polar surface area (TPSA) is 68.2 Å². The standard InChI is InChI=1S/C31H37NO5/c1-22(23-11-6-5-7-12-23)32(30(34)37-31(2,3)4)17-10-14-25-19-28-29(36-21-35-28)20-27(25)26-15-9-8-13-24(26)16-18-33/h5-9,11-13,15,19-20,22,33H,10,14,16-18,21H2,1-4H3/t22-/m0/s1. The lowest BCUT2D eigenvalue weighted by atomic mass is 9.91. The Morgan fingerprint density at radius 2 is 1.62 bits per heavy atom. The molecule has 6 nitrogen and oxygen atoms in total. The van der Waals surface area contributed by atoms with Crippen LogP contribution in [0.25, 0.3) is 11.1 Å². The van der Waals surface area contributed by atoms with Crippen molar-refractivity contribution in [2.24, 2.45) is 0 Å². The molecule has 6 heteroatoms. The number of hydrogen-bond acceptors (Lipinski definition) is 5. The van der Waals surface area contributed by atoms with Gasteiger partial charge in [-0.3, -0.25) is 0 Å². The Balaban J connectivity index is 1.59. The van der Waals surface area contributed by atoms with Crippen molar-refractivity contribution >= 4 is 6.09 Å². The first-order chi connectivity index (χ1) is 17.8. The Morgan fingerprint density at radius 3 is 2.32 bits per heavy atom. The lowest BCUT2D eigenvalue weighted by Crippen LogP contribution is -2.39. The SMILES string of the molecule is C[C@@H](c1ccccc1)N(CCCc1cc2c(cc1-c1ccccc1CCO)OCO2)C(=O)OC(C)(C)C. The monoisotopic (exact) mass is 503 g/mol. The van der Waals surface area contributed by atoms with Crippen molar-refractivity contribution in [2.75, 3.05) is 19.9 Å². The normalized spacial score (nSPS) is 13.3. The van der Waals surface area contributed by atoms with E-state index in [0.717, 1.165) is 52.2 Å². The van der Waals surface area contributed by atoms with Gasteiger partial charge in [0.1, 0.15) is 5.60 Å². The van der Waals surface area contributed by atoms with Crippen molar-refractivity contribution < 1.29 is 24.1 Å². The summed E-state index contributed by atoms with van der Waals surface area (Å²) in [5.41, 5.74) is 4.83. The summed E-state index contributed by atoms with van der Waals surface area (Å²) < 4.78 is 17.1. The number of carbonyl (C=O) groups is 1. The van der Waals surface area contributed by atoms with E-state index in [9.17, 15) is 9.90 Å². The number of aliphatic hydroxyl groups is 1. The number of aliphatic hydroxyl groups excluding tert-OH is 1. The van der Waals surface area contributed by atoms with Gasteiger partial charge in [0.05, 0.1) is 6.04 Å². The van der Waals surface area contributed by atoms with Gasteiger partial charge >= 0.3 is 6.09 Å². The number of hydrogen-bond donors (Lipinski definition) is 1. The predicted octanol–water partition coefficient (Wildman–Crippen LogP) is 6.55. The zero-order valence-electron chi connectivity index (χ0n) is 22.2. The Kier molecular flexibility index (Phi) is 8.39. The second kappa shape index (κ2) is 11.7. The van der Waals surface area contributed by atoms with Gasteiger partial charge in [0.25, 0.3) is 0 Å². The van der Waals surface area contributed by atoms with Crippen LogP contribution in [0.3, 0.4) is 0 Å². The van der Waals surface area contributed by atoms with Crippen molar-refractivity contribution in [3.63, 3.8) is 0 Å². The molecule has 0 fully saturated rings. The summed E-state index contributed by atoms with van der Waals surface area (Å²) in [6, 6.07) is 22.1. The molecule has 0 saturated carbocycles. The maximum Gasteiger partial charge on any atom is 0.410 e. The molecule has 3 aromatic rings. The fourth-order valence-corrected chi connectivity index (χ4v) is 4.68. The summed E-state index contributed by atoms with van der Waals surface area (Å²) in [5.74, 6) is 1.46. The second-order valence-corrected chi connectivity index (χ2v) is 10.4. The number of carbonyl (C=O) groups excluding carboxylic acids is 1. The highest BCUT2D eigenvalue weighted by Gasteiger charge is 2.27. The van der Waals surface area contributed by atoms with Gasteiger partial charge < -0.3 is 24.2 Å². The highest BCUT2D eigenvalue weighted by Crippen LogP contribution is 2.40. The maximum absolute atomic E-state index is 13.2. The van der Waals surface area contributed by atoms with E-state index >= 15 is 0 Å². The molecule has 0 spiro atoms. The van der Waals surface area contributed by atoms with Crippen LogP contribution >= 0.6 is 0 Å². The summed E-state index contributed by atoms with van der Waals surface area (Å²) in [7, 11) is 0. The van der Waals surface area contributed by atoms with E-state index in [0.29, 0.717) is 13.0 Å².